The van der Waals surface area contributed by atoms with Gasteiger partial charge < -0.3 is 24.5 Å². The highest BCUT2D eigenvalue weighted by Gasteiger charge is 2.45. The van der Waals surface area contributed by atoms with Crippen LogP contribution >= 0.6 is 0 Å². The number of aryl methyl sites for hydroxylation is 1. The molecule has 0 unspecified atom stereocenters. The van der Waals surface area contributed by atoms with E-state index in [1.54, 1.807) is 29.2 Å². The fourth-order valence-corrected chi connectivity index (χ4v) is 3.98. The van der Waals surface area contributed by atoms with E-state index >= 15 is 0 Å². The molecule has 2 aromatic rings. The molecule has 3 rings (SSSR count). The normalized spacial score (nSPS) is 17.4. The molecule has 2 aromatic carbocycles. The van der Waals surface area contributed by atoms with Crippen molar-refractivity contribution in [1.29, 1.82) is 0 Å². The highest BCUT2D eigenvalue weighted by Crippen LogP contribution is 2.40. The number of hydrogen-bond acceptors (Lipinski definition) is 6. The first-order valence-electron chi connectivity index (χ1n) is 11.2. The second-order valence-electron chi connectivity index (χ2n) is 8.86. The molecule has 1 heterocycles. The lowest BCUT2D eigenvalue weighted by molar-refractivity contribution is -0.140. The highest BCUT2D eigenvalue weighted by atomic mass is 16.5. The molecule has 0 spiro atoms. The van der Waals surface area contributed by atoms with Gasteiger partial charge in [0.2, 0.25) is 0 Å². The van der Waals surface area contributed by atoms with Crippen molar-refractivity contribution in [2.75, 3.05) is 52.8 Å². The summed E-state index contributed by atoms with van der Waals surface area (Å²) in [6.45, 7) is 6.84. The summed E-state index contributed by atoms with van der Waals surface area (Å²) >= 11 is 0. The predicted molar refractivity (Wildman–Crippen MR) is 135 cm³/mol. The quantitative estimate of drug-likeness (QED) is 0.265. The third kappa shape index (κ3) is 5.15. The maximum Gasteiger partial charge on any atom is 0.295 e. The summed E-state index contributed by atoms with van der Waals surface area (Å²) in [5, 5.41) is 11.3. The number of nitrogens with zero attached hydrogens (tertiary/aromatic N) is 3. The number of carbonyl (C=O) groups excluding carboxylic acids is 2. The molecule has 180 valence electrons. The second-order valence-corrected chi connectivity index (χ2v) is 8.86. The van der Waals surface area contributed by atoms with Gasteiger partial charge in [-0.05, 0) is 62.5 Å². The highest BCUT2D eigenvalue weighted by molar-refractivity contribution is 6.46. The number of amides is 1. The lowest BCUT2D eigenvalue weighted by Gasteiger charge is -2.27. The van der Waals surface area contributed by atoms with Gasteiger partial charge in [0.05, 0.1) is 11.6 Å². The number of anilines is 1. The molecule has 7 nitrogen and oxygen atoms in total. The summed E-state index contributed by atoms with van der Waals surface area (Å²) in [6.07, 6.45) is 1.66. The Kier molecular flexibility index (Phi) is 7.79. The largest absolute Gasteiger partial charge is 0.507 e. The van der Waals surface area contributed by atoms with Crippen molar-refractivity contribution in [3.8, 4) is 5.75 Å². The van der Waals surface area contributed by atoms with Gasteiger partial charge >= 0.3 is 0 Å². The van der Waals surface area contributed by atoms with Gasteiger partial charge in [-0.3, -0.25) is 9.59 Å². The Labute approximate surface area is 201 Å². The van der Waals surface area contributed by atoms with Crippen molar-refractivity contribution >= 4 is 23.1 Å². The molecule has 0 aromatic heterocycles. The van der Waals surface area contributed by atoms with E-state index in [9.17, 15) is 14.7 Å². The van der Waals surface area contributed by atoms with E-state index < -0.39 is 17.7 Å². The molecule has 1 fully saturated rings. The summed E-state index contributed by atoms with van der Waals surface area (Å²) in [5.41, 5.74) is 3.14. The zero-order chi connectivity index (χ0) is 25.0. The maximum atomic E-state index is 13.2. The van der Waals surface area contributed by atoms with Crippen molar-refractivity contribution < 1.29 is 19.4 Å². The van der Waals surface area contributed by atoms with Gasteiger partial charge in [-0.1, -0.05) is 24.8 Å². The van der Waals surface area contributed by atoms with Crippen LogP contribution in [0.5, 0.6) is 5.75 Å². The molecule has 1 saturated heterocycles. The Bertz CT molecular complexity index is 1100. The smallest absolute Gasteiger partial charge is 0.295 e. The lowest BCUT2D eigenvalue weighted by Crippen LogP contribution is -2.35. The minimum atomic E-state index is -0.678. The molecular formula is C27H33N3O4. The summed E-state index contributed by atoms with van der Waals surface area (Å²) in [4.78, 5) is 31.7. The predicted octanol–water partition coefficient (Wildman–Crippen LogP) is 3.61. The standard InChI is InChI=1S/C27H33N3O4/c1-7-16-34-22-13-10-20(17-18(22)2)25(31)23-24(19-8-11-21(12-9-19)29(5)6)30(15-14-28(3)4)27(33)26(23)32/h7-13,17,24,31H,1,14-16H2,2-6H3/t24-/m0/s1. The Hall–Kier alpha value is -3.58. The molecule has 1 amide bonds. The van der Waals surface area contributed by atoms with Crippen molar-refractivity contribution in [3.63, 3.8) is 0 Å². The van der Waals surface area contributed by atoms with Gasteiger partial charge in [0, 0.05) is 38.4 Å². The number of ketones is 1. The summed E-state index contributed by atoms with van der Waals surface area (Å²) in [5.74, 6) is -0.806. The molecule has 0 bridgehead atoms. The lowest BCUT2D eigenvalue weighted by atomic mass is 9.94. The average molecular weight is 464 g/mol. The number of hydrogen-bond donors (Lipinski definition) is 1. The van der Waals surface area contributed by atoms with Crippen LogP contribution in [0.2, 0.25) is 0 Å². The number of ether oxygens (including phenoxy) is 1. The molecule has 1 aliphatic rings. The number of aliphatic hydroxyl groups is 1. The van der Waals surface area contributed by atoms with E-state index in [1.165, 1.54) is 0 Å². The summed E-state index contributed by atoms with van der Waals surface area (Å²) in [7, 11) is 7.72. The third-order valence-corrected chi connectivity index (χ3v) is 5.86. The number of aliphatic hydroxyl groups excluding tert-OH is 1. The van der Waals surface area contributed by atoms with E-state index in [0.717, 1.165) is 16.8 Å². The number of Topliss-reactive ketones (excluding diaryl/α,β-unsaturated/α-hetero) is 1. The zero-order valence-electron chi connectivity index (χ0n) is 20.5. The van der Waals surface area contributed by atoms with Gasteiger partial charge in [0.15, 0.2) is 0 Å². The molecule has 1 N–H and O–H groups in total. The van der Waals surface area contributed by atoms with Gasteiger partial charge in [-0.2, -0.15) is 0 Å². The molecule has 0 aliphatic carbocycles. The molecular weight excluding hydrogens is 430 g/mol. The van der Waals surface area contributed by atoms with Crippen molar-refractivity contribution in [1.82, 2.24) is 9.80 Å². The molecule has 34 heavy (non-hydrogen) atoms. The molecule has 1 aliphatic heterocycles. The van der Waals surface area contributed by atoms with Gasteiger partial charge in [0.1, 0.15) is 18.1 Å². The summed E-state index contributed by atoms with van der Waals surface area (Å²) in [6, 6.07) is 12.2. The average Bonchev–Trinajstić information content (AvgIpc) is 3.06. The number of carbonyl (C=O) groups is 2. The van der Waals surface area contributed by atoms with E-state index in [0.29, 0.717) is 31.0 Å². The van der Waals surface area contributed by atoms with Crippen LogP contribution in [0, 0.1) is 6.92 Å². The van der Waals surface area contributed by atoms with Gasteiger partial charge in [-0.15, -0.1) is 0 Å². The van der Waals surface area contributed by atoms with Gasteiger partial charge in [-0.25, -0.2) is 0 Å². The molecule has 0 radical (unpaired) electrons. The van der Waals surface area contributed by atoms with E-state index in [1.807, 2.05) is 69.2 Å². The Morgan fingerprint density at radius 3 is 2.35 bits per heavy atom. The molecule has 0 saturated carbocycles. The van der Waals surface area contributed by atoms with Crippen LogP contribution in [-0.4, -0.2) is 74.5 Å². The van der Waals surface area contributed by atoms with Crippen LogP contribution < -0.4 is 9.64 Å². The fourth-order valence-electron chi connectivity index (χ4n) is 3.98. The van der Waals surface area contributed by atoms with Crippen LogP contribution in [0.1, 0.15) is 22.7 Å². The number of rotatable bonds is 9. The van der Waals surface area contributed by atoms with Crippen LogP contribution in [-0.2, 0) is 9.59 Å². The van der Waals surface area contributed by atoms with E-state index in [-0.39, 0.29) is 11.3 Å². The van der Waals surface area contributed by atoms with Gasteiger partial charge in [0.25, 0.3) is 11.7 Å². The van der Waals surface area contributed by atoms with Crippen molar-refractivity contribution in [3.05, 3.63) is 77.4 Å². The first kappa shape index (κ1) is 25.1. The van der Waals surface area contributed by atoms with Crippen LogP contribution in [0.3, 0.4) is 0 Å². The van der Waals surface area contributed by atoms with E-state index in [4.69, 9.17) is 4.74 Å². The minimum absolute atomic E-state index is 0.0977. The Balaban J connectivity index is 2.10. The van der Waals surface area contributed by atoms with Crippen LogP contribution in [0.25, 0.3) is 5.76 Å². The minimum Gasteiger partial charge on any atom is -0.507 e. The first-order valence-corrected chi connectivity index (χ1v) is 11.2. The molecule has 1 atom stereocenters. The monoisotopic (exact) mass is 463 g/mol. The first-order chi connectivity index (χ1) is 16.1. The van der Waals surface area contributed by atoms with Crippen molar-refractivity contribution in [2.24, 2.45) is 0 Å². The van der Waals surface area contributed by atoms with Crippen LogP contribution in [0.4, 0.5) is 5.69 Å². The van der Waals surface area contributed by atoms with Crippen molar-refractivity contribution in [2.45, 2.75) is 13.0 Å². The summed E-state index contributed by atoms with van der Waals surface area (Å²) < 4.78 is 5.62. The SMILES string of the molecule is C=CCOc1ccc(C(O)=C2C(=O)C(=O)N(CCN(C)C)[C@H]2c2ccc(N(C)C)cc2)cc1C. The van der Waals surface area contributed by atoms with E-state index in [2.05, 4.69) is 6.58 Å². The number of likely N-dealkylation sites (N-methyl/N-ethyl adjacent to an activating group) is 1. The van der Waals surface area contributed by atoms with Crippen LogP contribution in [0.15, 0.2) is 60.7 Å². The molecule has 7 heteroatoms. The second kappa shape index (κ2) is 10.6. The topological polar surface area (TPSA) is 73.3 Å². The third-order valence-electron chi connectivity index (χ3n) is 5.86. The maximum absolute atomic E-state index is 13.2. The fraction of sp³-hybridized carbons (Fsp3) is 0.333. The number of benzene rings is 2. The zero-order valence-corrected chi connectivity index (χ0v) is 20.5. The Morgan fingerprint density at radius 1 is 1.12 bits per heavy atom. The Morgan fingerprint density at radius 2 is 1.79 bits per heavy atom. The number of likely N-dealkylation sites (tertiary alicyclic amines) is 1.